The van der Waals surface area contributed by atoms with Gasteiger partial charge in [0.25, 0.3) is 0 Å². The largest absolute Gasteiger partial charge is 0.323 e. The number of rotatable bonds is 2. The van der Waals surface area contributed by atoms with E-state index in [2.05, 4.69) is 28.5 Å². The van der Waals surface area contributed by atoms with Crippen LogP contribution in [0.1, 0.15) is 23.1 Å². The molecule has 3 nitrogen and oxygen atoms in total. The third-order valence-corrected chi connectivity index (χ3v) is 4.37. The lowest BCUT2D eigenvalue weighted by Crippen LogP contribution is -2.28. The van der Waals surface area contributed by atoms with Crippen molar-refractivity contribution in [2.75, 3.05) is 5.32 Å². The number of nitrogens with zero attached hydrogens (tertiary/aromatic N) is 1. The van der Waals surface area contributed by atoms with Crippen LogP contribution in [-0.4, -0.2) is 10.9 Å². The van der Waals surface area contributed by atoms with Gasteiger partial charge < -0.3 is 5.32 Å². The molecule has 2 aromatic rings. The first-order valence-electron chi connectivity index (χ1n) is 7.14. The monoisotopic (exact) mass is 300 g/mol. The van der Waals surface area contributed by atoms with Crippen LogP contribution in [0.2, 0.25) is 5.15 Å². The van der Waals surface area contributed by atoms with E-state index in [9.17, 15) is 4.79 Å². The Morgan fingerprint density at radius 2 is 2.05 bits per heavy atom. The lowest BCUT2D eigenvalue weighted by Gasteiger charge is -2.24. The van der Waals surface area contributed by atoms with Crippen molar-refractivity contribution in [1.82, 2.24) is 4.98 Å². The van der Waals surface area contributed by atoms with Crippen LogP contribution in [0.4, 0.5) is 5.69 Å². The Bertz CT molecular complexity index is 664. The Morgan fingerprint density at radius 3 is 2.81 bits per heavy atom. The molecule has 0 bridgehead atoms. The fourth-order valence-electron chi connectivity index (χ4n) is 2.82. The highest BCUT2D eigenvalue weighted by atomic mass is 35.5. The minimum Gasteiger partial charge on any atom is -0.323 e. The first-order chi connectivity index (χ1) is 10.1. The zero-order valence-corrected chi connectivity index (χ0v) is 12.7. The van der Waals surface area contributed by atoms with Crippen LogP contribution in [0.3, 0.4) is 0 Å². The molecule has 0 saturated carbocycles. The van der Waals surface area contributed by atoms with Gasteiger partial charge in [-0.05, 0) is 48.9 Å². The number of aromatic nitrogens is 1. The molecule has 1 aliphatic carbocycles. The van der Waals surface area contributed by atoms with E-state index in [0.29, 0.717) is 10.8 Å². The van der Waals surface area contributed by atoms with Crippen LogP contribution in [0.5, 0.6) is 0 Å². The van der Waals surface area contributed by atoms with Gasteiger partial charge in [0.15, 0.2) is 5.15 Å². The fourth-order valence-corrected chi connectivity index (χ4v) is 3.07. The molecule has 108 valence electrons. The van der Waals surface area contributed by atoms with E-state index in [0.717, 1.165) is 24.8 Å². The molecule has 1 N–H and O–H groups in total. The third kappa shape index (κ3) is 2.93. The summed E-state index contributed by atoms with van der Waals surface area (Å²) in [7, 11) is 0. The van der Waals surface area contributed by atoms with Crippen molar-refractivity contribution < 1.29 is 4.79 Å². The zero-order chi connectivity index (χ0) is 14.8. The van der Waals surface area contributed by atoms with Gasteiger partial charge in [0, 0.05) is 12.1 Å². The van der Waals surface area contributed by atoms with Gasteiger partial charge in [0.05, 0.1) is 5.69 Å². The zero-order valence-electron chi connectivity index (χ0n) is 11.9. The van der Waals surface area contributed by atoms with Gasteiger partial charge in [-0.3, -0.25) is 4.79 Å². The number of hydrogen-bond donors (Lipinski definition) is 1. The number of carbonyl (C=O) groups excluding carboxylic acids is 1. The molecule has 21 heavy (non-hydrogen) atoms. The molecule has 1 aromatic heterocycles. The summed E-state index contributed by atoms with van der Waals surface area (Å²) in [6, 6.07) is 10.2. The predicted molar refractivity (Wildman–Crippen MR) is 84.6 cm³/mol. The quantitative estimate of drug-likeness (QED) is 0.858. The van der Waals surface area contributed by atoms with Crippen LogP contribution < -0.4 is 5.32 Å². The predicted octanol–water partition coefficient (Wildman–Crippen LogP) is 3.79. The van der Waals surface area contributed by atoms with Gasteiger partial charge >= 0.3 is 0 Å². The number of fused-ring (bicyclic) bond motifs is 1. The van der Waals surface area contributed by atoms with E-state index < -0.39 is 0 Å². The number of aryl methyl sites for hydroxylation is 2. The summed E-state index contributed by atoms with van der Waals surface area (Å²) < 4.78 is 0. The van der Waals surface area contributed by atoms with E-state index in [4.69, 9.17) is 11.6 Å². The lowest BCUT2D eigenvalue weighted by molar-refractivity contribution is -0.120. The second-order valence-electron chi connectivity index (χ2n) is 5.49. The Hall–Kier alpha value is -1.87. The molecule has 1 amide bonds. The Morgan fingerprint density at radius 1 is 1.29 bits per heavy atom. The van der Waals surface area contributed by atoms with Crippen molar-refractivity contribution in [3.05, 3.63) is 58.4 Å². The molecule has 0 radical (unpaired) electrons. The van der Waals surface area contributed by atoms with Crippen molar-refractivity contribution in [3.63, 3.8) is 0 Å². The smallest absolute Gasteiger partial charge is 0.227 e. The normalized spacial score (nSPS) is 17.1. The van der Waals surface area contributed by atoms with Crippen LogP contribution in [0.15, 0.2) is 36.5 Å². The summed E-state index contributed by atoms with van der Waals surface area (Å²) in [5, 5.41) is 3.29. The molecule has 0 aliphatic heterocycles. The number of nitrogens with one attached hydrogen (secondary N) is 1. The summed E-state index contributed by atoms with van der Waals surface area (Å²) in [4.78, 5) is 16.5. The Labute approximate surface area is 129 Å². The molecule has 1 aromatic carbocycles. The number of hydrogen-bond acceptors (Lipinski definition) is 2. The standard InChI is InChI=1S/C17H17ClN2O/c1-11-8-9-19-16(18)15(11)20-17(21)14-7-6-12-4-2-3-5-13(12)10-14/h2-5,8-9,14H,6-7,10H2,1H3,(H,20,21). The van der Waals surface area contributed by atoms with Crippen molar-refractivity contribution in [1.29, 1.82) is 0 Å². The van der Waals surface area contributed by atoms with E-state index in [1.807, 2.05) is 19.1 Å². The molecule has 1 aliphatic rings. The Kier molecular flexibility index (Phi) is 3.93. The Balaban J connectivity index is 1.76. The van der Waals surface area contributed by atoms with Crippen LogP contribution >= 0.6 is 11.6 Å². The molecular formula is C17H17ClN2O. The van der Waals surface area contributed by atoms with E-state index in [-0.39, 0.29) is 11.8 Å². The molecule has 1 unspecified atom stereocenters. The van der Waals surface area contributed by atoms with Crippen LogP contribution in [0.25, 0.3) is 0 Å². The molecule has 1 atom stereocenters. The molecule has 1 heterocycles. The number of amides is 1. The number of pyridine rings is 1. The van der Waals surface area contributed by atoms with Gasteiger partial charge in [-0.2, -0.15) is 0 Å². The summed E-state index contributed by atoms with van der Waals surface area (Å²) >= 11 is 6.07. The highest BCUT2D eigenvalue weighted by molar-refractivity contribution is 6.32. The summed E-state index contributed by atoms with van der Waals surface area (Å²) in [5.74, 6) is 0.0260. The van der Waals surface area contributed by atoms with Gasteiger partial charge in [0.1, 0.15) is 0 Å². The molecule has 4 heteroatoms. The van der Waals surface area contributed by atoms with Crippen molar-refractivity contribution in [3.8, 4) is 0 Å². The van der Waals surface area contributed by atoms with Gasteiger partial charge in [0.2, 0.25) is 5.91 Å². The van der Waals surface area contributed by atoms with E-state index in [1.165, 1.54) is 11.1 Å². The fraction of sp³-hybridized carbons (Fsp3) is 0.294. The van der Waals surface area contributed by atoms with Crippen molar-refractivity contribution in [2.45, 2.75) is 26.2 Å². The van der Waals surface area contributed by atoms with Crippen LogP contribution in [0, 0.1) is 12.8 Å². The summed E-state index contributed by atoms with van der Waals surface area (Å²) in [5.41, 5.74) is 4.19. The first-order valence-corrected chi connectivity index (χ1v) is 7.51. The second-order valence-corrected chi connectivity index (χ2v) is 5.85. The molecule has 0 spiro atoms. The van der Waals surface area contributed by atoms with E-state index >= 15 is 0 Å². The van der Waals surface area contributed by atoms with Crippen molar-refractivity contribution >= 4 is 23.2 Å². The molecule has 0 fully saturated rings. The maximum absolute atomic E-state index is 12.5. The maximum Gasteiger partial charge on any atom is 0.227 e. The SMILES string of the molecule is Cc1ccnc(Cl)c1NC(=O)C1CCc2ccccc2C1. The van der Waals surface area contributed by atoms with Crippen molar-refractivity contribution in [2.24, 2.45) is 5.92 Å². The molecule has 3 rings (SSSR count). The average molecular weight is 301 g/mol. The topological polar surface area (TPSA) is 42.0 Å². The summed E-state index contributed by atoms with van der Waals surface area (Å²) in [6.07, 6.45) is 4.26. The number of carbonyl (C=O) groups is 1. The lowest BCUT2D eigenvalue weighted by atomic mass is 9.83. The third-order valence-electron chi connectivity index (χ3n) is 4.08. The number of anilines is 1. The molecule has 0 saturated heterocycles. The second kappa shape index (κ2) is 5.86. The maximum atomic E-state index is 12.5. The molecular weight excluding hydrogens is 284 g/mol. The minimum atomic E-state index is -0.00410. The first kappa shape index (κ1) is 14.1. The average Bonchev–Trinajstić information content (AvgIpc) is 2.50. The number of benzene rings is 1. The van der Waals surface area contributed by atoms with Crippen LogP contribution in [-0.2, 0) is 17.6 Å². The highest BCUT2D eigenvalue weighted by Crippen LogP contribution is 2.28. The van der Waals surface area contributed by atoms with E-state index in [1.54, 1.807) is 6.20 Å². The van der Waals surface area contributed by atoms with Gasteiger partial charge in [-0.25, -0.2) is 4.98 Å². The number of halogens is 1. The van der Waals surface area contributed by atoms with Gasteiger partial charge in [-0.15, -0.1) is 0 Å². The van der Waals surface area contributed by atoms with Gasteiger partial charge in [-0.1, -0.05) is 35.9 Å². The summed E-state index contributed by atoms with van der Waals surface area (Å²) in [6.45, 7) is 1.92. The minimum absolute atomic E-state index is 0.00410. The highest BCUT2D eigenvalue weighted by Gasteiger charge is 2.25.